The van der Waals surface area contributed by atoms with E-state index in [0.29, 0.717) is 6.21 Å². The van der Waals surface area contributed by atoms with Gasteiger partial charge in [-0.1, -0.05) is 12.7 Å². The van der Waals surface area contributed by atoms with Crippen LogP contribution in [-0.4, -0.2) is 18.8 Å². The Bertz CT molecular complexity index is 109. The Hall–Kier alpha value is -1.12. The van der Waals surface area contributed by atoms with E-state index in [2.05, 4.69) is 11.3 Å². The monoisotopic (exact) mass is 113 g/mol. The molecule has 0 aliphatic rings. The van der Waals surface area contributed by atoms with Gasteiger partial charge < -0.3 is 10.1 Å². The Balaban J connectivity index is 3.24. The predicted octanol–water partition coefficient (Wildman–Crippen LogP) is 0.365. The first-order chi connectivity index (χ1) is 3.81. The van der Waals surface area contributed by atoms with Gasteiger partial charge in [-0.25, -0.2) is 4.79 Å². The summed E-state index contributed by atoms with van der Waals surface area (Å²) in [5.41, 5.74) is 0. The number of esters is 1. The van der Waals surface area contributed by atoms with Gasteiger partial charge in [0.15, 0.2) is 0 Å². The van der Waals surface area contributed by atoms with E-state index in [4.69, 9.17) is 5.41 Å². The van der Waals surface area contributed by atoms with E-state index in [1.807, 2.05) is 0 Å². The van der Waals surface area contributed by atoms with E-state index < -0.39 is 5.97 Å². The van der Waals surface area contributed by atoms with Crippen LogP contribution in [0.2, 0.25) is 0 Å². The van der Waals surface area contributed by atoms with Crippen molar-refractivity contribution >= 4 is 12.2 Å². The molecule has 0 aliphatic heterocycles. The predicted molar refractivity (Wildman–Crippen MR) is 29.9 cm³/mol. The quantitative estimate of drug-likeness (QED) is 0.326. The third-order valence-corrected chi connectivity index (χ3v) is 0.461. The van der Waals surface area contributed by atoms with Crippen LogP contribution in [0.15, 0.2) is 12.7 Å². The Morgan fingerprint density at radius 3 is 2.88 bits per heavy atom. The summed E-state index contributed by atoms with van der Waals surface area (Å²) in [5.74, 6) is -0.634. The van der Waals surface area contributed by atoms with Crippen LogP contribution in [0.25, 0.3) is 0 Å². The molecule has 0 aromatic rings. The highest BCUT2D eigenvalue weighted by Gasteiger charge is 1.89. The molecule has 0 amide bonds. The minimum absolute atomic E-state index is 0.175. The lowest BCUT2D eigenvalue weighted by Gasteiger charge is -1.91. The van der Waals surface area contributed by atoms with Gasteiger partial charge in [0.1, 0.15) is 12.8 Å². The number of carbonyl (C=O) groups excluding carboxylic acids is 1. The highest BCUT2D eigenvalue weighted by molar-refractivity contribution is 6.21. The molecule has 0 heterocycles. The molecule has 0 unspecified atom stereocenters. The van der Waals surface area contributed by atoms with Gasteiger partial charge >= 0.3 is 5.97 Å². The topological polar surface area (TPSA) is 50.2 Å². The zero-order valence-electron chi connectivity index (χ0n) is 4.39. The zero-order chi connectivity index (χ0) is 6.41. The van der Waals surface area contributed by atoms with Crippen molar-refractivity contribution in [3.63, 3.8) is 0 Å². The molecule has 1 N–H and O–H groups in total. The average Bonchev–Trinajstić information content (AvgIpc) is 1.83. The van der Waals surface area contributed by atoms with Gasteiger partial charge in [-0.15, -0.1) is 0 Å². The van der Waals surface area contributed by atoms with Gasteiger partial charge in [-0.2, -0.15) is 0 Å². The van der Waals surface area contributed by atoms with Crippen molar-refractivity contribution in [2.45, 2.75) is 0 Å². The molecule has 0 aromatic heterocycles. The summed E-state index contributed by atoms with van der Waals surface area (Å²) in [6.45, 7) is 3.49. The lowest BCUT2D eigenvalue weighted by atomic mass is 10.7. The minimum atomic E-state index is -0.634. The number of hydrogen-bond acceptors (Lipinski definition) is 3. The maximum atomic E-state index is 10.1. The van der Waals surface area contributed by atoms with Gasteiger partial charge in [0.05, 0.1) is 0 Å². The SMILES string of the molecule is C=CCOC(=O)C=N. The van der Waals surface area contributed by atoms with Crippen LogP contribution in [0.5, 0.6) is 0 Å². The standard InChI is InChI=1S/C5H7NO2/c1-2-3-8-5(7)4-6/h2,4,6H,1,3H2. The normalized spacial score (nSPS) is 7.50. The largest absolute Gasteiger partial charge is 0.457 e. The summed E-state index contributed by atoms with van der Waals surface area (Å²) in [6.07, 6.45) is 2.06. The second kappa shape index (κ2) is 4.05. The first-order valence-corrected chi connectivity index (χ1v) is 2.09. The van der Waals surface area contributed by atoms with E-state index in [9.17, 15) is 4.79 Å². The highest BCUT2D eigenvalue weighted by atomic mass is 16.5. The van der Waals surface area contributed by atoms with Gasteiger partial charge in [0.25, 0.3) is 0 Å². The Labute approximate surface area is 47.5 Å². The summed E-state index contributed by atoms with van der Waals surface area (Å²) in [4.78, 5) is 10.1. The molecule has 0 fully saturated rings. The number of ether oxygens (including phenoxy) is 1. The summed E-state index contributed by atoms with van der Waals surface area (Å²) < 4.78 is 4.34. The molecule has 0 saturated heterocycles. The van der Waals surface area contributed by atoms with Crippen molar-refractivity contribution in [3.05, 3.63) is 12.7 Å². The molecular formula is C5H7NO2. The van der Waals surface area contributed by atoms with Crippen LogP contribution in [0, 0.1) is 5.41 Å². The Morgan fingerprint density at radius 2 is 2.50 bits per heavy atom. The van der Waals surface area contributed by atoms with Crippen LogP contribution >= 0.6 is 0 Å². The fourth-order valence-electron chi connectivity index (χ4n) is 0.183. The second-order valence-corrected chi connectivity index (χ2v) is 1.06. The van der Waals surface area contributed by atoms with E-state index in [1.54, 1.807) is 0 Å². The maximum Gasteiger partial charge on any atom is 0.348 e. The van der Waals surface area contributed by atoms with E-state index >= 15 is 0 Å². The van der Waals surface area contributed by atoms with Gasteiger partial charge in [-0.05, 0) is 0 Å². The number of rotatable bonds is 3. The Kier molecular flexibility index (Phi) is 3.48. The molecule has 0 saturated carbocycles. The van der Waals surface area contributed by atoms with Crippen molar-refractivity contribution in [3.8, 4) is 0 Å². The van der Waals surface area contributed by atoms with Crippen LogP contribution in [0.4, 0.5) is 0 Å². The number of carbonyl (C=O) groups is 1. The molecule has 0 bridgehead atoms. The van der Waals surface area contributed by atoms with E-state index in [1.165, 1.54) is 6.08 Å². The summed E-state index contributed by atoms with van der Waals surface area (Å²) >= 11 is 0. The van der Waals surface area contributed by atoms with Crippen LogP contribution in [0.1, 0.15) is 0 Å². The third-order valence-electron chi connectivity index (χ3n) is 0.461. The first-order valence-electron chi connectivity index (χ1n) is 2.09. The molecule has 0 spiro atoms. The van der Waals surface area contributed by atoms with Crippen LogP contribution < -0.4 is 0 Å². The second-order valence-electron chi connectivity index (χ2n) is 1.06. The van der Waals surface area contributed by atoms with Crippen molar-refractivity contribution < 1.29 is 9.53 Å². The molecule has 3 nitrogen and oxygen atoms in total. The first kappa shape index (κ1) is 6.88. The smallest absolute Gasteiger partial charge is 0.348 e. The molecule has 44 valence electrons. The summed E-state index contributed by atoms with van der Waals surface area (Å²) in [7, 11) is 0. The highest BCUT2D eigenvalue weighted by Crippen LogP contribution is 1.72. The third kappa shape index (κ3) is 3.08. The summed E-state index contributed by atoms with van der Waals surface area (Å²) in [5, 5.41) is 6.35. The fourth-order valence-corrected chi connectivity index (χ4v) is 0.183. The molecule has 0 rings (SSSR count). The van der Waals surface area contributed by atoms with E-state index in [-0.39, 0.29) is 6.61 Å². The lowest BCUT2D eigenvalue weighted by molar-refractivity contribution is -0.133. The zero-order valence-corrected chi connectivity index (χ0v) is 4.39. The molecule has 0 atom stereocenters. The summed E-state index contributed by atoms with van der Waals surface area (Å²) in [6, 6.07) is 0. The van der Waals surface area contributed by atoms with Crippen molar-refractivity contribution in [1.29, 1.82) is 5.41 Å². The molecule has 0 aliphatic carbocycles. The number of hydrogen-bond donors (Lipinski definition) is 1. The van der Waals surface area contributed by atoms with E-state index in [0.717, 1.165) is 0 Å². The van der Waals surface area contributed by atoms with Gasteiger partial charge in [0, 0.05) is 0 Å². The maximum absolute atomic E-state index is 10.1. The average molecular weight is 113 g/mol. The Morgan fingerprint density at radius 1 is 1.88 bits per heavy atom. The van der Waals surface area contributed by atoms with Gasteiger partial charge in [-0.3, -0.25) is 0 Å². The van der Waals surface area contributed by atoms with Crippen LogP contribution in [0.3, 0.4) is 0 Å². The minimum Gasteiger partial charge on any atom is -0.457 e. The van der Waals surface area contributed by atoms with Crippen LogP contribution in [-0.2, 0) is 9.53 Å². The number of nitrogens with one attached hydrogen (secondary N) is 1. The molecule has 0 aromatic carbocycles. The molecule has 3 heteroatoms. The van der Waals surface area contributed by atoms with Gasteiger partial charge in [0.2, 0.25) is 0 Å². The van der Waals surface area contributed by atoms with Crippen molar-refractivity contribution in [2.75, 3.05) is 6.61 Å². The molecule has 8 heavy (non-hydrogen) atoms. The molecular weight excluding hydrogens is 106 g/mol. The fraction of sp³-hybridized carbons (Fsp3) is 0.200. The van der Waals surface area contributed by atoms with Crippen molar-refractivity contribution in [1.82, 2.24) is 0 Å². The van der Waals surface area contributed by atoms with Crippen molar-refractivity contribution in [2.24, 2.45) is 0 Å². The lowest BCUT2D eigenvalue weighted by Crippen LogP contribution is -2.03. The molecule has 0 radical (unpaired) electrons.